The van der Waals surface area contributed by atoms with Crippen molar-refractivity contribution in [2.45, 2.75) is 65.2 Å². The minimum atomic E-state index is -0.358. The van der Waals surface area contributed by atoms with Crippen LogP contribution >= 0.6 is 0 Å². The van der Waals surface area contributed by atoms with Gasteiger partial charge in [0, 0.05) is 5.57 Å². The van der Waals surface area contributed by atoms with Crippen LogP contribution in [0.4, 0.5) is 0 Å². The van der Waals surface area contributed by atoms with Gasteiger partial charge in [-0.15, -0.1) is 0 Å². The summed E-state index contributed by atoms with van der Waals surface area (Å²) >= 11 is 0. The number of carbonyl (C=O) groups is 1. The van der Waals surface area contributed by atoms with Gasteiger partial charge >= 0.3 is 5.97 Å². The molecule has 2 heteroatoms. The van der Waals surface area contributed by atoms with E-state index in [1.807, 2.05) is 18.2 Å². The normalized spacial score (nSPS) is 10.4. The molecule has 1 aromatic carbocycles. The van der Waals surface area contributed by atoms with Crippen LogP contribution < -0.4 is 4.74 Å². The maximum absolute atomic E-state index is 11.5. The Morgan fingerprint density at radius 1 is 1.10 bits per heavy atom. The summed E-state index contributed by atoms with van der Waals surface area (Å²) in [5, 5.41) is 0. The number of rotatable bonds is 10. The van der Waals surface area contributed by atoms with Crippen molar-refractivity contribution in [2.24, 2.45) is 0 Å². The van der Waals surface area contributed by atoms with Crippen LogP contribution in [0.5, 0.6) is 5.75 Å². The summed E-state index contributed by atoms with van der Waals surface area (Å²) in [7, 11) is 0. The maximum atomic E-state index is 11.5. The summed E-state index contributed by atoms with van der Waals surface area (Å²) in [6, 6.07) is 7.81. The Labute approximate surface area is 129 Å². The number of carbonyl (C=O) groups excluding carboxylic acids is 1. The van der Waals surface area contributed by atoms with Crippen LogP contribution in [0, 0.1) is 0 Å². The first-order chi connectivity index (χ1) is 10.1. The van der Waals surface area contributed by atoms with Crippen LogP contribution in [0.25, 0.3) is 0 Å². The van der Waals surface area contributed by atoms with Gasteiger partial charge in [0.1, 0.15) is 5.75 Å². The van der Waals surface area contributed by atoms with E-state index in [4.69, 9.17) is 4.74 Å². The highest BCUT2D eigenvalue weighted by molar-refractivity contribution is 5.88. The molecule has 0 N–H and O–H groups in total. The smallest absolute Gasteiger partial charge is 0.338 e. The molecule has 0 aliphatic heterocycles. The molecule has 0 saturated carbocycles. The van der Waals surface area contributed by atoms with Crippen molar-refractivity contribution in [1.82, 2.24) is 0 Å². The first kappa shape index (κ1) is 17.5. The topological polar surface area (TPSA) is 26.3 Å². The molecule has 0 radical (unpaired) electrons. The number of ether oxygens (including phenoxy) is 1. The second-order valence-electron chi connectivity index (χ2n) is 5.69. The van der Waals surface area contributed by atoms with E-state index in [0.717, 1.165) is 6.42 Å². The van der Waals surface area contributed by atoms with Gasteiger partial charge < -0.3 is 4.74 Å². The standard InChI is InChI=1S/C19H28O2/c1-4-5-6-7-8-9-10-12-17-13-11-14-18(15-17)21-19(20)16(2)3/h11,13-15H,2,4-10,12H2,1,3H3. The molecule has 0 unspecified atom stereocenters. The molecule has 0 spiro atoms. The van der Waals surface area contributed by atoms with Crippen molar-refractivity contribution in [2.75, 3.05) is 0 Å². The molecule has 0 bridgehead atoms. The minimum Gasteiger partial charge on any atom is -0.423 e. The Balaban J connectivity index is 2.29. The number of unbranched alkanes of at least 4 members (excludes halogenated alkanes) is 6. The quantitative estimate of drug-likeness (QED) is 0.247. The third-order valence-corrected chi connectivity index (χ3v) is 3.53. The molecule has 1 rings (SSSR count). The highest BCUT2D eigenvalue weighted by atomic mass is 16.5. The summed E-state index contributed by atoms with van der Waals surface area (Å²) in [5.74, 6) is 0.256. The second kappa shape index (κ2) is 10.2. The lowest BCUT2D eigenvalue weighted by Gasteiger charge is -2.06. The fourth-order valence-electron chi connectivity index (χ4n) is 2.24. The molecule has 2 nitrogen and oxygen atoms in total. The minimum absolute atomic E-state index is 0.358. The molecule has 0 atom stereocenters. The predicted octanol–water partition coefficient (Wildman–Crippen LogP) is 5.46. The largest absolute Gasteiger partial charge is 0.423 e. The van der Waals surface area contributed by atoms with Gasteiger partial charge in [-0.25, -0.2) is 4.79 Å². The molecular formula is C19H28O2. The van der Waals surface area contributed by atoms with E-state index >= 15 is 0 Å². The van der Waals surface area contributed by atoms with Gasteiger partial charge in [0.15, 0.2) is 0 Å². The lowest BCUT2D eigenvalue weighted by atomic mass is 10.0. The SMILES string of the molecule is C=C(C)C(=O)Oc1cccc(CCCCCCCCC)c1. The summed E-state index contributed by atoms with van der Waals surface area (Å²) in [5.41, 5.74) is 1.66. The average Bonchev–Trinajstić information content (AvgIpc) is 2.46. The molecular weight excluding hydrogens is 260 g/mol. The Hall–Kier alpha value is -1.57. The lowest BCUT2D eigenvalue weighted by Crippen LogP contribution is -2.08. The van der Waals surface area contributed by atoms with E-state index < -0.39 is 0 Å². The van der Waals surface area contributed by atoms with Crippen molar-refractivity contribution in [3.63, 3.8) is 0 Å². The number of hydrogen-bond donors (Lipinski definition) is 0. The molecule has 0 aromatic heterocycles. The third-order valence-electron chi connectivity index (χ3n) is 3.53. The van der Waals surface area contributed by atoms with Gasteiger partial charge in [-0.3, -0.25) is 0 Å². The van der Waals surface area contributed by atoms with Crippen molar-refractivity contribution in [3.05, 3.63) is 42.0 Å². The highest BCUT2D eigenvalue weighted by Crippen LogP contribution is 2.17. The highest BCUT2D eigenvalue weighted by Gasteiger charge is 2.05. The molecule has 21 heavy (non-hydrogen) atoms. The molecule has 0 aliphatic carbocycles. The first-order valence-electron chi connectivity index (χ1n) is 8.10. The fourth-order valence-corrected chi connectivity index (χ4v) is 2.24. The van der Waals surface area contributed by atoms with Gasteiger partial charge in [0.2, 0.25) is 0 Å². The summed E-state index contributed by atoms with van der Waals surface area (Å²) in [6.07, 6.45) is 10.2. The molecule has 0 fully saturated rings. The van der Waals surface area contributed by atoms with E-state index in [-0.39, 0.29) is 5.97 Å². The summed E-state index contributed by atoms with van der Waals surface area (Å²) in [4.78, 5) is 11.5. The zero-order valence-corrected chi connectivity index (χ0v) is 13.5. The van der Waals surface area contributed by atoms with Crippen LogP contribution in [-0.2, 0) is 11.2 Å². The second-order valence-corrected chi connectivity index (χ2v) is 5.69. The van der Waals surface area contributed by atoms with E-state index in [1.165, 1.54) is 50.5 Å². The van der Waals surface area contributed by atoms with Gasteiger partial charge in [-0.05, 0) is 37.5 Å². The molecule has 0 heterocycles. The van der Waals surface area contributed by atoms with Crippen molar-refractivity contribution in [1.29, 1.82) is 0 Å². The number of hydrogen-bond acceptors (Lipinski definition) is 2. The molecule has 116 valence electrons. The molecule has 0 aliphatic rings. The van der Waals surface area contributed by atoms with Gasteiger partial charge in [-0.1, -0.05) is 64.2 Å². The van der Waals surface area contributed by atoms with E-state index in [9.17, 15) is 4.79 Å². The van der Waals surface area contributed by atoms with Crippen LogP contribution in [0.1, 0.15) is 64.4 Å². The van der Waals surface area contributed by atoms with E-state index in [1.54, 1.807) is 6.92 Å². The van der Waals surface area contributed by atoms with Crippen LogP contribution in [0.15, 0.2) is 36.4 Å². The Kier molecular flexibility index (Phi) is 8.49. The van der Waals surface area contributed by atoms with Crippen molar-refractivity contribution >= 4 is 5.97 Å². The zero-order chi connectivity index (χ0) is 15.5. The monoisotopic (exact) mass is 288 g/mol. The Morgan fingerprint density at radius 3 is 2.43 bits per heavy atom. The van der Waals surface area contributed by atoms with Crippen LogP contribution in [0.3, 0.4) is 0 Å². The van der Waals surface area contributed by atoms with E-state index in [2.05, 4.69) is 19.6 Å². The third kappa shape index (κ3) is 7.69. The van der Waals surface area contributed by atoms with Crippen LogP contribution in [0.2, 0.25) is 0 Å². The fraction of sp³-hybridized carbons (Fsp3) is 0.526. The maximum Gasteiger partial charge on any atom is 0.338 e. The van der Waals surface area contributed by atoms with Crippen molar-refractivity contribution < 1.29 is 9.53 Å². The summed E-state index contributed by atoms with van der Waals surface area (Å²) < 4.78 is 5.25. The molecule has 0 amide bonds. The van der Waals surface area contributed by atoms with E-state index in [0.29, 0.717) is 11.3 Å². The summed E-state index contributed by atoms with van der Waals surface area (Å²) in [6.45, 7) is 7.49. The van der Waals surface area contributed by atoms with Gasteiger partial charge in [0.25, 0.3) is 0 Å². The van der Waals surface area contributed by atoms with Crippen LogP contribution in [-0.4, -0.2) is 5.97 Å². The Bertz CT molecular complexity index is 449. The molecule has 1 aromatic rings. The number of aryl methyl sites for hydroxylation is 1. The molecule has 0 saturated heterocycles. The Morgan fingerprint density at radius 2 is 1.76 bits per heavy atom. The lowest BCUT2D eigenvalue weighted by molar-refractivity contribution is -0.130. The average molecular weight is 288 g/mol. The van der Waals surface area contributed by atoms with Gasteiger partial charge in [0.05, 0.1) is 0 Å². The predicted molar refractivity (Wildman–Crippen MR) is 88.6 cm³/mol. The zero-order valence-electron chi connectivity index (χ0n) is 13.5. The number of esters is 1. The van der Waals surface area contributed by atoms with Crippen molar-refractivity contribution in [3.8, 4) is 5.75 Å². The first-order valence-corrected chi connectivity index (χ1v) is 8.10. The number of benzene rings is 1. The van der Waals surface area contributed by atoms with Gasteiger partial charge in [-0.2, -0.15) is 0 Å².